The lowest BCUT2D eigenvalue weighted by atomic mass is 10.0. The third kappa shape index (κ3) is 60.9. The Morgan fingerprint density at radius 3 is 0.791 bits per heavy atom. The lowest BCUT2D eigenvalue weighted by molar-refractivity contribution is -0.161. The number of carbonyl (C=O) groups excluding carboxylic acids is 4. The molecule has 0 bridgehead atoms. The summed E-state index contributed by atoms with van der Waals surface area (Å²) in [6.07, 6.45) is 45.9. The molecule has 0 amide bonds. The first-order valence-corrected chi connectivity index (χ1v) is 38.1. The van der Waals surface area contributed by atoms with Gasteiger partial charge in [0.15, 0.2) is 12.2 Å². The monoisotopic (exact) mass is 1270 g/mol. The van der Waals surface area contributed by atoms with E-state index in [4.69, 9.17) is 37.0 Å². The van der Waals surface area contributed by atoms with E-state index in [1.807, 2.05) is 0 Å². The molecule has 0 fully saturated rings. The number of unbranched alkanes of at least 4 members (excludes halogenated alkanes) is 39. The number of ether oxygens (including phenoxy) is 4. The van der Waals surface area contributed by atoms with Gasteiger partial charge in [0.1, 0.15) is 19.3 Å². The van der Waals surface area contributed by atoms with Gasteiger partial charge in [0.05, 0.1) is 26.4 Å². The molecule has 0 saturated carbocycles. The van der Waals surface area contributed by atoms with Crippen molar-refractivity contribution in [3.63, 3.8) is 0 Å². The van der Waals surface area contributed by atoms with Gasteiger partial charge < -0.3 is 33.8 Å². The Morgan fingerprint density at radius 1 is 0.314 bits per heavy atom. The van der Waals surface area contributed by atoms with Crippen molar-refractivity contribution in [2.24, 2.45) is 5.92 Å². The summed E-state index contributed by atoms with van der Waals surface area (Å²) < 4.78 is 68.0. The van der Waals surface area contributed by atoms with Crippen molar-refractivity contribution in [3.05, 3.63) is 0 Å². The minimum atomic E-state index is -4.95. The van der Waals surface area contributed by atoms with Gasteiger partial charge in [-0.2, -0.15) is 0 Å². The first kappa shape index (κ1) is 84.1. The Bertz CT molecular complexity index is 1670. The number of aliphatic hydroxyl groups excluding tert-OH is 1. The van der Waals surface area contributed by atoms with Crippen molar-refractivity contribution < 1.29 is 80.2 Å². The minimum absolute atomic E-state index is 0.106. The maximum atomic E-state index is 13.0. The zero-order chi connectivity index (χ0) is 63.5. The normalized spacial score (nSPS) is 14.2. The lowest BCUT2D eigenvalue weighted by Gasteiger charge is -2.21. The Kier molecular flexibility index (Phi) is 59.2. The van der Waals surface area contributed by atoms with E-state index in [9.17, 15) is 43.2 Å². The molecule has 0 aromatic rings. The van der Waals surface area contributed by atoms with Gasteiger partial charge in [-0.25, -0.2) is 9.13 Å². The molecule has 0 spiro atoms. The molecule has 0 saturated heterocycles. The van der Waals surface area contributed by atoms with Crippen molar-refractivity contribution in [1.29, 1.82) is 0 Å². The highest BCUT2D eigenvalue weighted by atomic mass is 31.2. The molecule has 0 aliphatic heterocycles. The molecule has 3 N–H and O–H groups in total. The van der Waals surface area contributed by atoms with Crippen LogP contribution < -0.4 is 0 Å². The lowest BCUT2D eigenvalue weighted by Crippen LogP contribution is -2.30. The number of carbonyl (C=O) groups is 4. The summed E-state index contributed by atoms with van der Waals surface area (Å²) in [4.78, 5) is 72.2. The van der Waals surface area contributed by atoms with E-state index >= 15 is 0 Å². The predicted octanol–water partition coefficient (Wildman–Crippen LogP) is 19.0. The molecule has 0 radical (unpaired) electrons. The van der Waals surface area contributed by atoms with E-state index in [0.29, 0.717) is 25.7 Å². The van der Waals surface area contributed by atoms with Crippen LogP contribution in [0.15, 0.2) is 0 Å². The average molecular weight is 1270 g/mol. The quantitative estimate of drug-likeness (QED) is 0.0222. The number of rotatable bonds is 67. The third-order valence-corrected chi connectivity index (χ3v) is 17.4. The van der Waals surface area contributed by atoms with Crippen LogP contribution in [-0.4, -0.2) is 96.7 Å². The summed E-state index contributed by atoms with van der Waals surface area (Å²) in [5.74, 6) is -1.35. The maximum Gasteiger partial charge on any atom is 0.472 e. The van der Waals surface area contributed by atoms with Crippen LogP contribution in [0, 0.1) is 5.92 Å². The number of hydrogen-bond acceptors (Lipinski definition) is 15. The van der Waals surface area contributed by atoms with Crippen LogP contribution in [0.2, 0.25) is 0 Å². The number of hydrogen-bond donors (Lipinski definition) is 3. The fraction of sp³-hybridized carbons (Fsp3) is 0.940. The summed E-state index contributed by atoms with van der Waals surface area (Å²) in [5.41, 5.74) is 0. The van der Waals surface area contributed by atoms with Gasteiger partial charge in [-0.1, -0.05) is 291 Å². The number of esters is 4. The fourth-order valence-corrected chi connectivity index (χ4v) is 11.7. The molecule has 0 rings (SSSR count). The van der Waals surface area contributed by atoms with E-state index in [1.165, 1.54) is 154 Å². The topological polar surface area (TPSA) is 237 Å². The van der Waals surface area contributed by atoms with E-state index in [2.05, 4.69) is 34.6 Å². The van der Waals surface area contributed by atoms with Crippen LogP contribution in [0.3, 0.4) is 0 Å². The Morgan fingerprint density at radius 2 is 0.535 bits per heavy atom. The Balaban J connectivity index is 5.19. The van der Waals surface area contributed by atoms with Crippen molar-refractivity contribution in [1.82, 2.24) is 0 Å². The smallest absolute Gasteiger partial charge is 0.462 e. The van der Waals surface area contributed by atoms with Crippen LogP contribution in [0.4, 0.5) is 0 Å². The van der Waals surface area contributed by atoms with Gasteiger partial charge in [0.25, 0.3) is 0 Å². The van der Waals surface area contributed by atoms with Crippen LogP contribution in [-0.2, 0) is 65.4 Å². The van der Waals surface area contributed by atoms with Crippen molar-refractivity contribution in [2.75, 3.05) is 39.6 Å². The first-order valence-electron chi connectivity index (χ1n) is 35.1. The zero-order valence-corrected chi connectivity index (χ0v) is 57.2. The molecule has 86 heavy (non-hydrogen) atoms. The van der Waals surface area contributed by atoms with Crippen molar-refractivity contribution in [3.8, 4) is 0 Å². The first-order chi connectivity index (χ1) is 41.5. The number of phosphoric acid groups is 2. The van der Waals surface area contributed by atoms with Crippen LogP contribution in [0.1, 0.15) is 343 Å². The highest BCUT2D eigenvalue weighted by Crippen LogP contribution is 2.45. The van der Waals surface area contributed by atoms with E-state index in [1.54, 1.807) is 0 Å². The molecule has 0 heterocycles. The molecule has 0 aromatic heterocycles. The molecule has 0 aliphatic carbocycles. The van der Waals surface area contributed by atoms with Gasteiger partial charge in [0.2, 0.25) is 0 Å². The van der Waals surface area contributed by atoms with Crippen LogP contribution >= 0.6 is 15.6 Å². The molecule has 19 heteroatoms. The zero-order valence-electron chi connectivity index (χ0n) is 55.4. The van der Waals surface area contributed by atoms with Gasteiger partial charge in [-0.15, -0.1) is 0 Å². The van der Waals surface area contributed by atoms with Gasteiger partial charge >= 0.3 is 39.5 Å². The Hall–Kier alpha value is -1.94. The second-order valence-corrected chi connectivity index (χ2v) is 27.6. The van der Waals surface area contributed by atoms with Crippen LogP contribution in [0.25, 0.3) is 0 Å². The molecule has 510 valence electrons. The van der Waals surface area contributed by atoms with Gasteiger partial charge in [0, 0.05) is 25.7 Å². The molecule has 2 unspecified atom stereocenters. The SMILES string of the molecule is CCCCCCCCCCCCCCCCCC(=O)OC[C@H](COP(=O)(O)OC[C@@H](O)COP(=O)(O)OC[C@@H](COC(=O)CCCCCCCCC)OC(=O)CCCCCCCCCCC)OC(=O)CCCCCCCCCCCCCCC(C)C. The predicted molar refractivity (Wildman–Crippen MR) is 345 cm³/mol. The molecular weight excluding hydrogens is 1140 g/mol. The number of phosphoric ester groups is 2. The summed E-state index contributed by atoms with van der Waals surface area (Å²) in [6.45, 7) is 7.18. The summed E-state index contributed by atoms with van der Waals surface area (Å²) in [6, 6.07) is 0. The molecule has 5 atom stereocenters. The molecule has 17 nitrogen and oxygen atoms in total. The minimum Gasteiger partial charge on any atom is -0.462 e. The second kappa shape index (κ2) is 60.6. The van der Waals surface area contributed by atoms with E-state index in [0.717, 1.165) is 109 Å². The van der Waals surface area contributed by atoms with Crippen molar-refractivity contribution in [2.45, 2.75) is 361 Å². The Labute approximate surface area is 524 Å². The fourth-order valence-electron chi connectivity index (χ4n) is 10.1. The van der Waals surface area contributed by atoms with Crippen molar-refractivity contribution >= 4 is 39.5 Å². The molecule has 0 aromatic carbocycles. The maximum absolute atomic E-state index is 13.0. The average Bonchev–Trinajstić information content (AvgIpc) is 3.62. The molecule has 0 aliphatic rings. The van der Waals surface area contributed by atoms with Gasteiger partial charge in [-0.3, -0.25) is 37.3 Å². The highest BCUT2D eigenvalue weighted by molar-refractivity contribution is 7.47. The summed E-state index contributed by atoms with van der Waals surface area (Å²) in [7, 11) is -9.88. The van der Waals surface area contributed by atoms with Crippen LogP contribution in [0.5, 0.6) is 0 Å². The summed E-state index contributed by atoms with van der Waals surface area (Å²) in [5, 5.41) is 10.5. The number of aliphatic hydroxyl groups is 1. The van der Waals surface area contributed by atoms with Gasteiger partial charge in [-0.05, 0) is 31.6 Å². The highest BCUT2D eigenvalue weighted by Gasteiger charge is 2.30. The third-order valence-electron chi connectivity index (χ3n) is 15.5. The van der Waals surface area contributed by atoms with E-state index in [-0.39, 0.29) is 25.7 Å². The summed E-state index contributed by atoms with van der Waals surface area (Å²) >= 11 is 0. The largest absolute Gasteiger partial charge is 0.472 e. The second-order valence-electron chi connectivity index (χ2n) is 24.7. The standard InChI is InChI=1S/C67H130O17P2/c1-6-9-12-15-18-20-21-22-23-24-28-32-36-41-46-51-65(70)78-57-63(84-67(72)53-48-43-38-33-29-26-25-27-31-35-39-44-49-60(4)5)59-82-86(75,76)80-55-61(68)54-79-85(73,74)81-58-62(56-77-64(69)50-45-40-34-17-14-11-8-3)83-66(71)52-47-42-37-30-19-16-13-10-7-2/h60-63,68H,6-59H2,1-5H3,(H,73,74)(H,75,76)/t61-,62+,63+/m0/s1. The van der Waals surface area contributed by atoms with E-state index < -0.39 is 97.5 Å². The molecular formula is C67H130O17P2.